The Hall–Kier alpha value is -3.19. The maximum atomic E-state index is 12.3. The lowest BCUT2D eigenvalue weighted by molar-refractivity contribution is -0.137. The van der Waals surface area contributed by atoms with Crippen LogP contribution in [0, 0.1) is 0 Å². The van der Waals surface area contributed by atoms with Gasteiger partial charge in [-0.1, -0.05) is 60.7 Å². The van der Waals surface area contributed by atoms with Crippen molar-refractivity contribution in [2.24, 2.45) is 10.1 Å². The lowest BCUT2D eigenvalue weighted by Gasteiger charge is -2.22. The fourth-order valence-corrected chi connectivity index (χ4v) is 4.09. The number of carbonyl (C=O) groups excluding carboxylic acids is 2. The molecule has 0 fully saturated rings. The van der Waals surface area contributed by atoms with E-state index >= 15 is 0 Å². The molecule has 2 aromatic rings. The van der Waals surface area contributed by atoms with Gasteiger partial charge in [0.25, 0.3) is 5.91 Å². The third kappa shape index (κ3) is 4.14. The summed E-state index contributed by atoms with van der Waals surface area (Å²) in [7, 11) is 0. The summed E-state index contributed by atoms with van der Waals surface area (Å²) in [5, 5.41) is 7.03. The van der Waals surface area contributed by atoms with Crippen LogP contribution in [-0.2, 0) is 14.3 Å². The second-order valence-electron chi connectivity index (χ2n) is 6.45. The molecule has 2 aromatic carbocycles. The van der Waals surface area contributed by atoms with E-state index < -0.39 is 11.9 Å². The first-order valence-corrected chi connectivity index (χ1v) is 10.1. The van der Waals surface area contributed by atoms with Gasteiger partial charge >= 0.3 is 5.97 Å². The van der Waals surface area contributed by atoms with Crippen molar-refractivity contribution in [1.82, 2.24) is 5.01 Å². The van der Waals surface area contributed by atoms with Crippen LogP contribution in [0.25, 0.3) is 0 Å². The molecule has 7 heteroatoms. The summed E-state index contributed by atoms with van der Waals surface area (Å²) < 4.78 is 4.91. The number of hydrogen-bond acceptors (Lipinski definition) is 6. The second-order valence-corrected chi connectivity index (χ2v) is 7.46. The van der Waals surface area contributed by atoms with Crippen molar-refractivity contribution < 1.29 is 14.3 Å². The van der Waals surface area contributed by atoms with E-state index in [1.54, 1.807) is 11.9 Å². The van der Waals surface area contributed by atoms with Gasteiger partial charge in [-0.3, -0.25) is 4.79 Å². The number of aliphatic imine (C=N–C) groups is 1. The number of ether oxygens (including phenoxy) is 1. The smallest absolute Gasteiger partial charge is 0.332 e. The summed E-state index contributed by atoms with van der Waals surface area (Å²) in [6, 6.07) is 19.9. The molecule has 0 aliphatic carbocycles. The number of thioether (sulfide) groups is 1. The highest BCUT2D eigenvalue weighted by molar-refractivity contribution is 8.18. The SMILES string of the molecule is CCOC(=O)C=C1SC(N2N=C(c3ccccc3)CC2c2ccccc2)=NC1=O. The molecule has 2 aliphatic rings. The first-order chi connectivity index (χ1) is 14.2. The van der Waals surface area contributed by atoms with E-state index in [0.717, 1.165) is 28.6 Å². The third-order valence-electron chi connectivity index (χ3n) is 4.54. The number of esters is 1. The van der Waals surface area contributed by atoms with Crippen molar-refractivity contribution in [1.29, 1.82) is 0 Å². The zero-order valence-corrected chi connectivity index (χ0v) is 16.6. The summed E-state index contributed by atoms with van der Waals surface area (Å²) >= 11 is 1.15. The van der Waals surface area contributed by atoms with Crippen molar-refractivity contribution in [2.45, 2.75) is 19.4 Å². The Kier molecular flexibility index (Phi) is 5.57. The van der Waals surface area contributed by atoms with E-state index in [9.17, 15) is 9.59 Å². The van der Waals surface area contributed by atoms with Gasteiger partial charge in [0.2, 0.25) is 0 Å². The van der Waals surface area contributed by atoms with Gasteiger partial charge in [-0.05, 0) is 29.8 Å². The minimum absolute atomic E-state index is 0.0765. The van der Waals surface area contributed by atoms with Crippen molar-refractivity contribution >= 4 is 34.5 Å². The second kappa shape index (κ2) is 8.45. The minimum atomic E-state index is -0.547. The highest BCUT2D eigenvalue weighted by Crippen LogP contribution is 2.38. The number of hydrazone groups is 1. The van der Waals surface area contributed by atoms with Crippen LogP contribution in [0.15, 0.2) is 81.7 Å². The number of amides is 1. The molecule has 0 saturated carbocycles. The molecule has 29 heavy (non-hydrogen) atoms. The zero-order chi connectivity index (χ0) is 20.2. The Labute approximate surface area is 173 Å². The van der Waals surface area contributed by atoms with Crippen LogP contribution >= 0.6 is 11.8 Å². The van der Waals surface area contributed by atoms with Crippen LogP contribution in [0.1, 0.15) is 30.5 Å². The van der Waals surface area contributed by atoms with Crippen molar-refractivity contribution in [3.63, 3.8) is 0 Å². The Morgan fingerprint density at radius 2 is 1.86 bits per heavy atom. The van der Waals surface area contributed by atoms with E-state index in [1.807, 2.05) is 60.7 Å². The lowest BCUT2D eigenvalue weighted by Crippen LogP contribution is -2.23. The van der Waals surface area contributed by atoms with Gasteiger partial charge in [-0.25, -0.2) is 9.80 Å². The molecule has 1 unspecified atom stereocenters. The van der Waals surface area contributed by atoms with Crippen LogP contribution in [0.4, 0.5) is 0 Å². The van der Waals surface area contributed by atoms with Gasteiger partial charge in [-0.2, -0.15) is 10.1 Å². The average Bonchev–Trinajstić information content (AvgIpc) is 3.34. The molecule has 0 spiro atoms. The monoisotopic (exact) mass is 405 g/mol. The summed E-state index contributed by atoms with van der Waals surface area (Å²) in [5.74, 6) is -0.998. The summed E-state index contributed by atoms with van der Waals surface area (Å²) in [5.41, 5.74) is 3.05. The molecule has 0 N–H and O–H groups in total. The first kappa shape index (κ1) is 19.1. The lowest BCUT2D eigenvalue weighted by atomic mass is 9.99. The maximum absolute atomic E-state index is 12.3. The van der Waals surface area contributed by atoms with Crippen LogP contribution in [0.2, 0.25) is 0 Å². The molecule has 146 valence electrons. The van der Waals surface area contributed by atoms with Crippen LogP contribution in [0.3, 0.4) is 0 Å². The largest absolute Gasteiger partial charge is 0.463 e. The fourth-order valence-electron chi connectivity index (χ4n) is 3.21. The molecule has 0 saturated heterocycles. The quantitative estimate of drug-likeness (QED) is 0.570. The standard InChI is InChI=1S/C22H19N3O3S/c1-2-28-20(26)14-19-21(27)23-22(29-19)25-18(16-11-7-4-8-12-16)13-17(24-25)15-9-5-3-6-10-15/h3-12,14,18H,2,13H2,1H3. The Bertz CT molecular complexity index is 1020. The molecule has 4 rings (SSSR count). The van der Waals surface area contributed by atoms with E-state index in [2.05, 4.69) is 4.99 Å². The van der Waals surface area contributed by atoms with Crippen molar-refractivity contribution in [3.8, 4) is 0 Å². The molecule has 0 radical (unpaired) electrons. The average molecular weight is 405 g/mol. The molecule has 6 nitrogen and oxygen atoms in total. The minimum Gasteiger partial charge on any atom is -0.463 e. The molecular weight excluding hydrogens is 386 g/mol. The number of rotatable bonds is 4. The van der Waals surface area contributed by atoms with Crippen LogP contribution in [-0.4, -0.2) is 34.4 Å². The zero-order valence-electron chi connectivity index (χ0n) is 15.8. The summed E-state index contributed by atoms with van der Waals surface area (Å²) in [6.45, 7) is 1.97. The molecule has 1 atom stereocenters. The van der Waals surface area contributed by atoms with E-state index in [4.69, 9.17) is 9.84 Å². The Morgan fingerprint density at radius 1 is 1.17 bits per heavy atom. The van der Waals surface area contributed by atoms with E-state index in [-0.39, 0.29) is 17.6 Å². The summed E-state index contributed by atoms with van der Waals surface area (Å²) in [4.78, 5) is 28.5. The molecule has 0 bridgehead atoms. The van der Waals surface area contributed by atoms with E-state index in [1.165, 1.54) is 6.08 Å². The number of benzene rings is 2. The highest BCUT2D eigenvalue weighted by Gasteiger charge is 2.36. The highest BCUT2D eigenvalue weighted by atomic mass is 32.2. The Balaban J connectivity index is 1.65. The van der Waals surface area contributed by atoms with Gasteiger partial charge in [-0.15, -0.1) is 0 Å². The van der Waals surface area contributed by atoms with E-state index in [0.29, 0.717) is 11.6 Å². The van der Waals surface area contributed by atoms with Gasteiger partial charge in [0, 0.05) is 12.5 Å². The van der Waals surface area contributed by atoms with Crippen LogP contribution < -0.4 is 0 Å². The number of amidine groups is 1. The number of nitrogens with zero attached hydrogens (tertiary/aromatic N) is 3. The third-order valence-corrected chi connectivity index (χ3v) is 5.52. The maximum Gasteiger partial charge on any atom is 0.332 e. The van der Waals surface area contributed by atoms with Gasteiger partial charge in [0.05, 0.1) is 23.3 Å². The van der Waals surface area contributed by atoms with Gasteiger partial charge < -0.3 is 4.74 Å². The topological polar surface area (TPSA) is 71.3 Å². The number of hydrogen-bond donors (Lipinski definition) is 0. The van der Waals surface area contributed by atoms with Gasteiger partial charge in [0.15, 0.2) is 5.17 Å². The fraction of sp³-hybridized carbons (Fsp3) is 0.182. The normalized spacial score (nSPS) is 20.0. The number of carbonyl (C=O) groups is 2. The van der Waals surface area contributed by atoms with Gasteiger partial charge in [0.1, 0.15) is 0 Å². The molecule has 0 aromatic heterocycles. The van der Waals surface area contributed by atoms with Crippen molar-refractivity contribution in [3.05, 3.63) is 82.8 Å². The predicted octanol–water partition coefficient (Wildman–Crippen LogP) is 3.91. The first-order valence-electron chi connectivity index (χ1n) is 9.32. The molecule has 2 aliphatic heterocycles. The molecule has 2 heterocycles. The Morgan fingerprint density at radius 3 is 2.55 bits per heavy atom. The van der Waals surface area contributed by atoms with Crippen LogP contribution in [0.5, 0.6) is 0 Å². The molecule has 1 amide bonds. The predicted molar refractivity (Wildman–Crippen MR) is 113 cm³/mol. The van der Waals surface area contributed by atoms with Crippen molar-refractivity contribution in [2.75, 3.05) is 6.61 Å². The molecular formula is C22H19N3O3S. The summed E-state index contributed by atoms with van der Waals surface area (Å²) in [6.07, 6.45) is 1.89.